The van der Waals surface area contributed by atoms with E-state index in [2.05, 4.69) is 36.5 Å². The van der Waals surface area contributed by atoms with Crippen molar-refractivity contribution in [2.75, 3.05) is 13.1 Å². The maximum absolute atomic E-state index is 5.47. The van der Waals surface area contributed by atoms with E-state index in [1.807, 2.05) is 0 Å². The molecule has 2 heteroatoms. The van der Waals surface area contributed by atoms with Crippen LogP contribution >= 0.6 is 0 Å². The van der Waals surface area contributed by atoms with E-state index in [4.69, 9.17) is 5.73 Å². The van der Waals surface area contributed by atoms with Crippen LogP contribution in [0.5, 0.6) is 0 Å². The van der Waals surface area contributed by atoms with Crippen LogP contribution in [0.4, 0.5) is 0 Å². The number of benzene rings is 1. The van der Waals surface area contributed by atoms with Gasteiger partial charge in [-0.3, -0.25) is 0 Å². The molecule has 0 bridgehead atoms. The molecule has 0 aliphatic carbocycles. The van der Waals surface area contributed by atoms with Gasteiger partial charge >= 0.3 is 0 Å². The van der Waals surface area contributed by atoms with Crippen molar-refractivity contribution in [3.05, 3.63) is 35.4 Å². The standard InChI is InChI=1S/C17H30N2/c1-16-9-11-17(12-10-16)15-19-14-8-6-4-2-3-5-7-13-18/h9-12,19H,2-8,13-15,18H2,1H3. The largest absolute Gasteiger partial charge is 0.330 e. The van der Waals surface area contributed by atoms with Crippen LogP contribution in [-0.4, -0.2) is 13.1 Å². The molecule has 0 aromatic heterocycles. The molecule has 2 nitrogen and oxygen atoms in total. The third kappa shape index (κ3) is 8.79. The van der Waals surface area contributed by atoms with E-state index in [1.165, 1.54) is 56.1 Å². The Hall–Kier alpha value is -0.860. The molecule has 0 fully saturated rings. The van der Waals surface area contributed by atoms with E-state index in [0.29, 0.717) is 0 Å². The maximum Gasteiger partial charge on any atom is 0.0205 e. The van der Waals surface area contributed by atoms with Gasteiger partial charge in [-0.15, -0.1) is 0 Å². The molecule has 0 heterocycles. The molecule has 3 N–H and O–H groups in total. The summed E-state index contributed by atoms with van der Waals surface area (Å²) in [5, 5.41) is 3.52. The Balaban J connectivity index is 1.87. The van der Waals surface area contributed by atoms with Crippen molar-refractivity contribution in [3.8, 4) is 0 Å². The molecule has 0 spiro atoms. The fraction of sp³-hybridized carbons (Fsp3) is 0.647. The molecule has 1 rings (SSSR count). The second-order valence-corrected chi connectivity index (χ2v) is 5.43. The third-order valence-electron chi connectivity index (χ3n) is 3.51. The summed E-state index contributed by atoms with van der Waals surface area (Å²) in [6, 6.07) is 8.77. The second-order valence-electron chi connectivity index (χ2n) is 5.43. The van der Waals surface area contributed by atoms with Crippen molar-refractivity contribution < 1.29 is 0 Å². The monoisotopic (exact) mass is 262 g/mol. The van der Waals surface area contributed by atoms with E-state index in [0.717, 1.165) is 19.6 Å². The summed E-state index contributed by atoms with van der Waals surface area (Å²) in [6.07, 6.45) is 9.25. The van der Waals surface area contributed by atoms with E-state index < -0.39 is 0 Å². The third-order valence-corrected chi connectivity index (χ3v) is 3.51. The summed E-state index contributed by atoms with van der Waals surface area (Å²) in [7, 11) is 0. The molecule has 0 aliphatic heterocycles. The second kappa shape index (κ2) is 11.0. The lowest BCUT2D eigenvalue weighted by molar-refractivity contribution is 0.558. The predicted octanol–water partition coefficient (Wildman–Crippen LogP) is 3.77. The minimum atomic E-state index is 0.850. The first-order chi connectivity index (χ1) is 9.33. The van der Waals surface area contributed by atoms with Crippen LogP contribution in [0.1, 0.15) is 56.1 Å². The summed E-state index contributed by atoms with van der Waals surface area (Å²) in [5.41, 5.74) is 8.19. The Labute approximate surface area is 118 Å². The van der Waals surface area contributed by atoms with Crippen molar-refractivity contribution in [2.45, 2.75) is 58.4 Å². The molecule has 0 amide bonds. The van der Waals surface area contributed by atoms with Gasteiger partial charge in [-0.05, 0) is 38.4 Å². The van der Waals surface area contributed by atoms with Crippen molar-refractivity contribution in [1.29, 1.82) is 0 Å². The number of hydrogen-bond acceptors (Lipinski definition) is 2. The molecular weight excluding hydrogens is 232 g/mol. The van der Waals surface area contributed by atoms with Gasteiger partial charge < -0.3 is 11.1 Å². The molecule has 0 saturated heterocycles. The SMILES string of the molecule is Cc1ccc(CNCCCCCCCCCN)cc1. The van der Waals surface area contributed by atoms with Crippen LogP contribution < -0.4 is 11.1 Å². The number of aryl methyl sites for hydroxylation is 1. The summed E-state index contributed by atoms with van der Waals surface area (Å²) in [5.74, 6) is 0. The van der Waals surface area contributed by atoms with Gasteiger partial charge in [0.1, 0.15) is 0 Å². The highest BCUT2D eigenvalue weighted by molar-refractivity contribution is 5.20. The molecule has 0 saturated carbocycles. The zero-order chi connectivity index (χ0) is 13.8. The minimum Gasteiger partial charge on any atom is -0.330 e. The molecule has 0 aliphatic rings. The quantitative estimate of drug-likeness (QED) is 0.596. The Kier molecular flexibility index (Phi) is 9.38. The fourth-order valence-corrected chi connectivity index (χ4v) is 2.22. The Morgan fingerprint density at radius 3 is 2.05 bits per heavy atom. The van der Waals surface area contributed by atoms with Gasteiger partial charge in [0.15, 0.2) is 0 Å². The summed E-state index contributed by atoms with van der Waals surface area (Å²) in [6.45, 7) is 5.11. The van der Waals surface area contributed by atoms with Gasteiger partial charge in [0.25, 0.3) is 0 Å². The van der Waals surface area contributed by atoms with Crippen molar-refractivity contribution in [3.63, 3.8) is 0 Å². The van der Waals surface area contributed by atoms with E-state index in [9.17, 15) is 0 Å². The van der Waals surface area contributed by atoms with Crippen molar-refractivity contribution in [2.24, 2.45) is 5.73 Å². The number of nitrogens with one attached hydrogen (secondary N) is 1. The average Bonchev–Trinajstić information content (AvgIpc) is 2.43. The summed E-state index contributed by atoms with van der Waals surface area (Å²) < 4.78 is 0. The zero-order valence-electron chi connectivity index (χ0n) is 12.5. The minimum absolute atomic E-state index is 0.850. The Morgan fingerprint density at radius 1 is 0.842 bits per heavy atom. The van der Waals surface area contributed by atoms with E-state index in [-0.39, 0.29) is 0 Å². The van der Waals surface area contributed by atoms with Crippen molar-refractivity contribution >= 4 is 0 Å². The van der Waals surface area contributed by atoms with Crippen LogP contribution in [0.2, 0.25) is 0 Å². The zero-order valence-corrected chi connectivity index (χ0v) is 12.5. The molecule has 19 heavy (non-hydrogen) atoms. The lowest BCUT2D eigenvalue weighted by atomic mass is 10.1. The molecule has 0 unspecified atom stereocenters. The molecule has 108 valence electrons. The Morgan fingerprint density at radius 2 is 1.42 bits per heavy atom. The van der Waals surface area contributed by atoms with Gasteiger partial charge in [0.2, 0.25) is 0 Å². The van der Waals surface area contributed by atoms with Gasteiger partial charge in [0.05, 0.1) is 0 Å². The smallest absolute Gasteiger partial charge is 0.0205 e. The first-order valence-corrected chi connectivity index (χ1v) is 7.79. The topological polar surface area (TPSA) is 38.0 Å². The number of rotatable bonds is 11. The highest BCUT2D eigenvalue weighted by Gasteiger charge is 1.93. The molecule has 1 aromatic rings. The van der Waals surface area contributed by atoms with E-state index >= 15 is 0 Å². The van der Waals surface area contributed by atoms with Crippen LogP contribution in [0.15, 0.2) is 24.3 Å². The average molecular weight is 262 g/mol. The lowest BCUT2D eigenvalue weighted by Crippen LogP contribution is -2.14. The number of hydrogen-bond donors (Lipinski definition) is 2. The van der Waals surface area contributed by atoms with E-state index in [1.54, 1.807) is 0 Å². The molecule has 0 atom stereocenters. The first kappa shape index (κ1) is 16.2. The summed E-state index contributed by atoms with van der Waals surface area (Å²) in [4.78, 5) is 0. The van der Waals surface area contributed by atoms with Crippen LogP contribution in [0, 0.1) is 6.92 Å². The summed E-state index contributed by atoms with van der Waals surface area (Å²) >= 11 is 0. The van der Waals surface area contributed by atoms with Crippen LogP contribution in [0.3, 0.4) is 0 Å². The number of unbranched alkanes of at least 4 members (excludes halogenated alkanes) is 6. The lowest BCUT2D eigenvalue weighted by Gasteiger charge is -2.05. The predicted molar refractivity (Wildman–Crippen MR) is 84.3 cm³/mol. The van der Waals surface area contributed by atoms with Gasteiger partial charge in [0, 0.05) is 6.54 Å². The first-order valence-electron chi connectivity index (χ1n) is 7.79. The van der Waals surface area contributed by atoms with Crippen molar-refractivity contribution in [1.82, 2.24) is 5.32 Å². The fourth-order valence-electron chi connectivity index (χ4n) is 2.22. The normalized spacial score (nSPS) is 10.8. The van der Waals surface area contributed by atoms with Crippen LogP contribution in [-0.2, 0) is 6.54 Å². The number of nitrogens with two attached hydrogens (primary N) is 1. The van der Waals surface area contributed by atoms with Gasteiger partial charge in [-0.25, -0.2) is 0 Å². The van der Waals surface area contributed by atoms with Gasteiger partial charge in [-0.2, -0.15) is 0 Å². The highest BCUT2D eigenvalue weighted by atomic mass is 14.8. The molecule has 1 aromatic carbocycles. The highest BCUT2D eigenvalue weighted by Crippen LogP contribution is 2.06. The maximum atomic E-state index is 5.47. The molecule has 0 radical (unpaired) electrons. The van der Waals surface area contributed by atoms with Crippen LogP contribution in [0.25, 0.3) is 0 Å². The Bertz CT molecular complexity index is 306. The van der Waals surface area contributed by atoms with Gasteiger partial charge in [-0.1, -0.05) is 61.9 Å². The molecular formula is C17H30N2.